The van der Waals surface area contributed by atoms with E-state index < -0.39 is 10.8 Å². The molecule has 2 nitrogen and oxygen atoms in total. The van der Waals surface area contributed by atoms with E-state index in [0.717, 1.165) is 31.6 Å². The second-order valence-corrected chi connectivity index (χ2v) is 5.68. The Morgan fingerprint density at radius 2 is 2.23 bits per heavy atom. The second-order valence-electron chi connectivity index (χ2n) is 3.90. The minimum absolute atomic E-state index is 0.413. The summed E-state index contributed by atoms with van der Waals surface area (Å²) in [4.78, 5) is 0. The van der Waals surface area contributed by atoms with Crippen molar-refractivity contribution in [3.63, 3.8) is 0 Å². The predicted octanol–water partition coefficient (Wildman–Crippen LogP) is 1.66. The zero-order valence-electron chi connectivity index (χ0n) is 8.50. The van der Waals surface area contributed by atoms with Crippen LogP contribution in [0.4, 0.5) is 0 Å². The molecule has 3 unspecified atom stereocenters. The minimum Gasteiger partial charge on any atom is -0.330 e. The molecule has 1 fully saturated rings. The lowest BCUT2D eigenvalue weighted by atomic mass is 10.1. The average molecular weight is 203 g/mol. The fourth-order valence-electron chi connectivity index (χ4n) is 2.06. The van der Waals surface area contributed by atoms with Crippen LogP contribution in [0.15, 0.2) is 0 Å². The summed E-state index contributed by atoms with van der Waals surface area (Å²) in [5.74, 6) is 1.43. The van der Waals surface area contributed by atoms with E-state index in [1.54, 1.807) is 0 Å². The van der Waals surface area contributed by atoms with Crippen molar-refractivity contribution >= 4 is 10.8 Å². The Kier molecular flexibility index (Phi) is 4.96. The van der Waals surface area contributed by atoms with Crippen molar-refractivity contribution in [3.05, 3.63) is 0 Å². The zero-order valence-corrected chi connectivity index (χ0v) is 9.31. The van der Waals surface area contributed by atoms with Crippen molar-refractivity contribution in [2.45, 2.75) is 44.3 Å². The molecule has 0 aromatic carbocycles. The quantitative estimate of drug-likeness (QED) is 0.738. The molecular formula is C10H21NOS. The fraction of sp³-hybridized carbons (Fsp3) is 1.00. The van der Waals surface area contributed by atoms with Crippen LogP contribution in [-0.2, 0) is 10.8 Å². The molecule has 0 radical (unpaired) electrons. The molecule has 0 heterocycles. The molecule has 1 aliphatic rings. The SMILES string of the molecule is CCCCS(=O)C1CCCC1CN. The summed E-state index contributed by atoms with van der Waals surface area (Å²) >= 11 is 0. The van der Waals surface area contributed by atoms with Crippen LogP contribution in [0.3, 0.4) is 0 Å². The summed E-state index contributed by atoms with van der Waals surface area (Å²) in [5.41, 5.74) is 5.66. The van der Waals surface area contributed by atoms with E-state index in [1.165, 1.54) is 12.8 Å². The molecule has 3 heteroatoms. The van der Waals surface area contributed by atoms with Crippen molar-refractivity contribution in [2.24, 2.45) is 11.7 Å². The second kappa shape index (κ2) is 5.76. The van der Waals surface area contributed by atoms with E-state index in [0.29, 0.717) is 11.2 Å². The molecule has 0 aliphatic heterocycles. The van der Waals surface area contributed by atoms with Gasteiger partial charge >= 0.3 is 0 Å². The lowest BCUT2D eigenvalue weighted by molar-refractivity contribution is 0.557. The van der Waals surface area contributed by atoms with Gasteiger partial charge in [0.05, 0.1) is 0 Å². The maximum absolute atomic E-state index is 11.8. The minimum atomic E-state index is -0.605. The molecule has 1 rings (SSSR count). The molecule has 13 heavy (non-hydrogen) atoms. The van der Waals surface area contributed by atoms with Crippen LogP contribution in [-0.4, -0.2) is 21.8 Å². The Balaban J connectivity index is 2.36. The molecular weight excluding hydrogens is 182 g/mol. The maximum Gasteiger partial charge on any atom is 0.0388 e. The number of nitrogens with two attached hydrogens (primary N) is 1. The van der Waals surface area contributed by atoms with Gasteiger partial charge in [0.1, 0.15) is 0 Å². The third-order valence-corrected chi connectivity index (χ3v) is 4.92. The van der Waals surface area contributed by atoms with Gasteiger partial charge in [0.25, 0.3) is 0 Å². The Bertz CT molecular complexity index is 172. The van der Waals surface area contributed by atoms with Gasteiger partial charge in [-0.05, 0) is 31.7 Å². The van der Waals surface area contributed by atoms with Gasteiger partial charge in [-0.25, -0.2) is 0 Å². The van der Waals surface area contributed by atoms with E-state index >= 15 is 0 Å². The first-order chi connectivity index (χ1) is 6.29. The molecule has 0 bridgehead atoms. The van der Waals surface area contributed by atoms with Crippen LogP contribution in [0.5, 0.6) is 0 Å². The molecule has 0 amide bonds. The molecule has 1 saturated carbocycles. The first-order valence-corrected chi connectivity index (χ1v) is 6.75. The number of hydrogen-bond donors (Lipinski definition) is 1. The number of rotatable bonds is 5. The third kappa shape index (κ3) is 3.06. The smallest absolute Gasteiger partial charge is 0.0388 e. The fourth-order valence-corrected chi connectivity index (χ4v) is 4.04. The number of hydrogen-bond acceptors (Lipinski definition) is 2. The standard InChI is InChI=1S/C10H21NOS/c1-2-3-7-13(12)10-6-4-5-9(10)8-11/h9-10H,2-8,11H2,1H3. The zero-order chi connectivity index (χ0) is 9.68. The topological polar surface area (TPSA) is 43.1 Å². The monoisotopic (exact) mass is 203 g/mol. The Hall–Kier alpha value is 0.110. The largest absolute Gasteiger partial charge is 0.330 e. The molecule has 2 N–H and O–H groups in total. The van der Waals surface area contributed by atoms with Gasteiger partial charge in [-0.1, -0.05) is 19.8 Å². The highest BCUT2D eigenvalue weighted by Gasteiger charge is 2.30. The predicted molar refractivity (Wildman–Crippen MR) is 58.1 cm³/mol. The molecule has 0 aromatic rings. The molecule has 1 aliphatic carbocycles. The van der Waals surface area contributed by atoms with Crippen LogP contribution in [0.2, 0.25) is 0 Å². The summed E-state index contributed by atoms with van der Waals surface area (Å²) in [5, 5.41) is 0.413. The Labute approximate surface area is 83.7 Å². The van der Waals surface area contributed by atoms with Crippen molar-refractivity contribution in [1.82, 2.24) is 0 Å². The van der Waals surface area contributed by atoms with E-state index in [2.05, 4.69) is 6.92 Å². The lowest BCUT2D eigenvalue weighted by Gasteiger charge is -2.16. The van der Waals surface area contributed by atoms with Crippen LogP contribution in [0.25, 0.3) is 0 Å². The van der Waals surface area contributed by atoms with Gasteiger partial charge in [-0.2, -0.15) is 0 Å². The van der Waals surface area contributed by atoms with Gasteiger partial charge in [-0.15, -0.1) is 0 Å². The van der Waals surface area contributed by atoms with Crippen molar-refractivity contribution in [2.75, 3.05) is 12.3 Å². The van der Waals surface area contributed by atoms with E-state index in [-0.39, 0.29) is 0 Å². The van der Waals surface area contributed by atoms with Gasteiger partial charge in [0.2, 0.25) is 0 Å². The van der Waals surface area contributed by atoms with Gasteiger partial charge < -0.3 is 5.73 Å². The highest BCUT2D eigenvalue weighted by atomic mass is 32.2. The Morgan fingerprint density at radius 3 is 2.85 bits per heavy atom. The summed E-state index contributed by atoms with van der Waals surface area (Å²) in [6.07, 6.45) is 5.80. The Morgan fingerprint density at radius 1 is 1.46 bits per heavy atom. The molecule has 0 aromatic heterocycles. The summed E-state index contributed by atoms with van der Waals surface area (Å²) in [7, 11) is -0.605. The maximum atomic E-state index is 11.8. The van der Waals surface area contributed by atoms with Crippen LogP contribution in [0.1, 0.15) is 39.0 Å². The van der Waals surface area contributed by atoms with E-state index in [9.17, 15) is 4.21 Å². The summed E-state index contributed by atoms with van der Waals surface area (Å²) < 4.78 is 11.8. The molecule has 0 saturated heterocycles. The first-order valence-electron chi connectivity index (χ1n) is 5.36. The van der Waals surface area contributed by atoms with Gasteiger partial charge in [0, 0.05) is 21.8 Å². The van der Waals surface area contributed by atoms with Gasteiger partial charge in [-0.3, -0.25) is 4.21 Å². The summed E-state index contributed by atoms with van der Waals surface area (Å²) in [6.45, 7) is 2.87. The normalized spacial score (nSPS) is 30.6. The summed E-state index contributed by atoms with van der Waals surface area (Å²) in [6, 6.07) is 0. The van der Waals surface area contributed by atoms with Crippen molar-refractivity contribution in [1.29, 1.82) is 0 Å². The van der Waals surface area contributed by atoms with Crippen molar-refractivity contribution in [3.8, 4) is 0 Å². The van der Waals surface area contributed by atoms with E-state index in [4.69, 9.17) is 5.73 Å². The number of unbranched alkanes of at least 4 members (excludes halogenated alkanes) is 1. The average Bonchev–Trinajstić information content (AvgIpc) is 2.61. The van der Waals surface area contributed by atoms with Crippen molar-refractivity contribution < 1.29 is 4.21 Å². The molecule has 78 valence electrons. The van der Waals surface area contributed by atoms with Crippen LogP contribution >= 0.6 is 0 Å². The third-order valence-electron chi connectivity index (χ3n) is 2.93. The van der Waals surface area contributed by atoms with E-state index in [1.807, 2.05) is 0 Å². The molecule has 0 spiro atoms. The van der Waals surface area contributed by atoms with Gasteiger partial charge in [0.15, 0.2) is 0 Å². The van der Waals surface area contributed by atoms with Crippen LogP contribution in [0, 0.1) is 5.92 Å². The molecule has 3 atom stereocenters. The highest BCUT2D eigenvalue weighted by molar-refractivity contribution is 7.85. The lowest BCUT2D eigenvalue weighted by Crippen LogP contribution is -2.27. The highest BCUT2D eigenvalue weighted by Crippen LogP contribution is 2.29. The van der Waals surface area contributed by atoms with Crippen LogP contribution < -0.4 is 5.73 Å². The first kappa shape index (κ1) is 11.2.